The Labute approximate surface area is 100 Å². The highest BCUT2D eigenvalue weighted by atomic mass is 19.2. The van der Waals surface area contributed by atoms with Gasteiger partial charge in [-0.05, 0) is 23.8 Å². The standard InChI is InChI=1S/C13H7F3O2/c14-10-5-4-7(6-11(10)15)8-2-1-3-9(12(8)16)13(17)18/h1-6H,(H,17,18). The van der Waals surface area contributed by atoms with Crippen LogP contribution in [0, 0.1) is 17.5 Å². The van der Waals surface area contributed by atoms with E-state index in [4.69, 9.17) is 5.11 Å². The van der Waals surface area contributed by atoms with Crippen molar-refractivity contribution in [3.63, 3.8) is 0 Å². The molecule has 0 spiro atoms. The normalized spacial score (nSPS) is 10.4. The molecule has 1 N–H and O–H groups in total. The fourth-order valence-electron chi connectivity index (χ4n) is 1.58. The van der Waals surface area contributed by atoms with E-state index in [0.717, 1.165) is 18.2 Å². The third-order valence-corrected chi connectivity index (χ3v) is 2.46. The third kappa shape index (κ3) is 2.07. The highest BCUT2D eigenvalue weighted by Crippen LogP contribution is 2.26. The molecule has 0 aliphatic carbocycles. The summed E-state index contributed by atoms with van der Waals surface area (Å²) in [5.74, 6) is -4.56. The van der Waals surface area contributed by atoms with E-state index < -0.39 is 29.0 Å². The second kappa shape index (κ2) is 4.52. The Morgan fingerprint density at radius 1 is 1.00 bits per heavy atom. The van der Waals surface area contributed by atoms with Crippen LogP contribution in [0.4, 0.5) is 13.2 Å². The smallest absolute Gasteiger partial charge is 0.338 e. The maximum Gasteiger partial charge on any atom is 0.338 e. The van der Waals surface area contributed by atoms with Gasteiger partial charge in [0, 0.05) is 5.56 Å². The number of carbonyl (C=O) groups is 1. The largest absolute Gasteiger partial charge is 0.478 e. The Kier molecular flexibility index (Phi) is 3.06. The minimum Gasteiger partial charge on any atom is -0.478 e. The van der Waals surface area contributed by atoms with Crippen LogP contribution in [0.2, 0.25) is 0 Å². The second-order valence-corrected chi connectivity index (χ2v) is 3.60. The van der Waals surface area contributed by atoms with Crippen molar-refractivity contribution < 1.29 is 23.1 Å². The van der Waals surface area contributed by atoms with Gasteiger partial charge in [0.1, 0.15) is 5.82 Å². The van der Waals surface area contributed by atoms with Crippen molar-refractivity contribution in [3.05, 3.63) is 59.4 Å². The van der Waals surface area contributed by atoms with Crippen LogP contribution in [0.1, 0.15) is 10.4 Å². The average molecular weight is 252 g/mol. The first-order chi connectivity index (χ1) is 8.50. The van der Waals surface area contributed by atoms with Gasteiger partial charge in [-0.15, -0.1) is 0 Å². The summed E-state index contributed by atoms with van der Waals surface area (Å²) in [6.07, 6.45) is 0. The van der Waals surface area contributed by atoms with Gasteiger partial charge in [0.25, 0.3) is 0 Å². The Bertz CT molecular complexity index is 624. The molecule has 5 heteroatoms. The lowest BCUT2D eigenvalue weighted by Gasteiger charge is -2.06. The molecule has 0 amide bonds. The maximum absolute atomic E-state index is 13.8. The highest BCUT2D eigenvalue weighted by molar-refractivity contribution is 5.90. The van der Waals surface area contributed by atoms with Gasteiger partial charge < -0.3 is 5.11 Å². The summed E-state index contributed by atoms with van der Waals surface area (Å²) >= 11 is 0. The van der Waals surface area contributed by atoms with Crippen LogP contribution in [0.25, 0.3) is 11.1 Å². The molecule has 0 aliphatic rings. The molecule has 0 saturated heterocycles. The van der Waals surface area contributed by atoms with Gasteiger partial charge >= 0.3 is 5.97 Å². The predicted molar refractivity (Wildman–Crippen MR) is 58.7 cm³/mol. The third-order valence-electron chi connectivity index (χ3n) is 2.46. The van der Waals surface area contributed by atoms with Crippen molar-refractivity contribution in [2.24, 2.45) is 0 Å². The summed E-state index contributed by atoms with van der Waals surface area (Å²) in [6, 6.07) is 6.60. The van der Waals surface area contributed by atoms with Gasteiger partial charge in [0.2, 0.25) is 0 Å². The van der Waals surface area contributed by atoms with Gasteiger partial charge in [-0.3, -0.25) is 0 Å². The lowest BCUT2D eigenvalue weighted by atomic mass is 10.0. The zero-order valence-corrected chi connectivity index (χ0v) is 8.95. The first kappa shape index (κ1) is 12.2. The molecule has 0 heterocycles. The zero-order valence-electron chi connectivity index (χ0n) is 8.95. The molecule has 92 valence electrons. The van der Waals surface area contributed by atoms with E-state index in [1.54, 1.807) is 0 Å². The summed E-state index contributed by atoms with van der Waals surface area (Å²) in [7, 11) is 0. The number of halogens is 3. The Balaban J connectivity index is 2.60. The van der Waals surface area contributed by atoms with Crippen LogP contribution >= 0.6 is 0 Å². The molecular formula is C13H7F3O2. The van der Waals surface area contributed by atoms with E-state index in [2.05, 4.69) is 0 Å². The number of rotatable bonds is 2. The average Bonchev–Trinajstić information content (AvgIpc) is 2.33. The molecule has 0 atom stereocenters. The minimum atomic E-state index is -1.42. The molecule has 0 aromatic heterocycles. The zero-order chi connectivity index (χ0) is 13.3. The van der Waals surface area contributed by atoms with Crippen molar-refractivity contribution >= 4 is 5.97 Å². The van der Waals surface area contributed by atoms with Gasteiger partial charge in [-0.2, -0.15) is 0 Å². The fourth-order valence-corrected chi connectivity index (χ4v) is 1.58. The monoisotopic (exact) mass is 252 g/mol. The number of hydrogen-bond donors (Lipinski definition) is 1. The summed E-state index contributed by atoms with van der Waals surface area (Å²) in [5, 5.41) is 8.76. The summed E-state index contributed by atoms with van der Waals surface area (Å²) in [6.45, 7) is 0. The van der Waals surface area contributed by atoms with Crippen LogP contribution in [0.5, 0.6) is 0 Å². The molecule has 0 fully saturated rings. The molecule has 2 nitrogen and oxygen atoms in total. The summed E-state index contributed by atoms with van der Waals surface area (Å²) in [5.41, 5.74) is -0.527. The number of carboxylic acid groups (broad SMARTS) is 1. The number of carboxylic acids is 1. The molecular weight excluding hydrogens is 245 g/mol. The van der Waals surface area contributed by atoms with Crippen LogP contribution in [-0.4, -0.2) is 11.1 Å². The molecule has 2 aromatic rings. The molecule has 0 bridgehead atoms. The van der Waals surface area contributed by atoms with Crippen molar-refractivity contribution in [2.45, 2.75) is 0 Å². The summed E-state index contributed by atoms with van der Waals surface area (Å²) in [4.78, 5) is 10.8. The van der Waals surface area contributed by atoms with Crippen molar-refractivity contribution in [1.29, 1.82) is 0 Å². The van der Waals surface area contributed by atoms with E-state index in [-0.39, 0.29) is 11.1 Å². The van der Waals surface area contributed by atoms with Crippen LogP contribution in [0.3, 0.4) is 0 Å². The Morgan fingerprint density at radius 3 is 2.33 bits per heavy atom. The molecule has 18 heavy (non-hydrogen) atoms. The Morgan fingerprint density at radius 2 is 1.72 bits per heavy atom. The topological polar surface area (TPSA) is 37.3 Å². The van der Waals surface area contributed by atoms with Gasteiger partial charge in [-0.1, -0.05) is 18.2 Å². The van der Waals surface area contributed by atoms with E-state index in [1.807, 2.05) is 0 Å². The van der Waals surface area contributed by atoms with Crippen molar-refractivity contribution in [2.75, 3.05) is 0 Å². The van der Waals surface area contributed by atoms with Gasteiger partial charge in [-0.25, -0.2) is 18.0 Å². The van der Waals surface area contributed by atoms with Gasteiger partial charge in [0.05, 0.1) is 5.56 Å². The quantitative estimate of drug-likeness (QED) is 0.888. The van der Waals surface area contributed by atoms with E-state index >= 15 is 0 Å². The first-order valence-electron chi connectivity index (χ1n) is 4.98. The van der Waals surface area contributed by atoms with Crippen LogP contribution < -0.4 is 0 Å². The highest BCUT2D eigenvalue weighted by Gasteiger charge is 2.15. The SMILES string of the molecule is O=C(O)c1cccc(-c2ccc(F)c(F)c2)c1F. The second-order valence-electron chi connectivity index (χ2n) is 3.60. The Hall–Kier alpha value is -2.30. The predicted octanol–water partition coefficient (Wildman–Crippen LogP) is 3.47. The van der Waals surface area contributed by atoms with Gasteiger partial charge in [0.15, 0.2) is 11.6 Å². The number of aromatic carboxylic acids is 1. The molecule has 0 unspecified atom stereocenters. The van der Waals surface area contributed by atoms with Crippen molar-refractivity contribution in [3.8, 4) is 11.1 Å². The van der Waals surface area contributed by atoms with Crippen LogP contribution in [0.15, 0.2) is 36.4 Å². The number of hydrogen-bond acceptors (Lipinski definition) is 1. The number of benzene rings is 2. The molecule has 2 aromatic carbocycles. The lowest BCUT2D eigenvalue weighted by Crippen LogP contribution is -2.01. The maximum atomic E-state index is 13.8. The molecule has 0 radical (unpaired) electrons. The van der Waals surface area contributed by atoms with Crippen molar-refractivity contribution in [1.82, 2.24) is 0 Å². The molecule has 0 aliphatic heterocycles. The summed E-state index contributed by atoms with van der Waals surface area (Å²) < 4.78 is 39.6. The van der Waals surface area contributed by atoms with E-state index in [1.165, 1.54) is 18.2 Å². The minimum absolute atomic E-state index is 0.0782. The first-order valence-corrected chi connectivity index (χ1v) is 4.98. The van der Waals surface area contributed by atoms with E-state index in [9.17, 15) is 18.0 Å². The molecule has 0 saturated carbocycles. The fraction of sp³-hybridized carbons (Fsp3) is 0. The lowest BCUT2D eigenvalue weighted by molar-refractivity contribution is 0.0692. The molecule has 2 rings (SSSR count). The van der Waals surface area contributed by atoms with E-state index in [0.29, 0.717) is 0 Å². The van der Waals surface area contributed by atoms with Crippen LogP contribution in [-0.2, 0) is 0 Å².